The molecule has 4 aromatic carbocycles. The monoisotopic (exact) mass is 722 g/mol. The van der Waals surface area contributed by atoms with Crippen molar-refractivity contribution >= 4 is 11.4 Å². The Balaban J connectivity index is 1.07. The molecule has 0 heterocycles. The number of nitrogen functional groups attached to an aromatic ring is 2. The molecule has 0 radical (unpaired) electrons. The van der Waals surface area contributed by atoms with Crippen LogP contribution in [0.4, 0.5) is 11.4 Å². The Morgan fingerprint density at radius 2 is 1.13 bits per heavy atom. The first kappa shape index (κ1) is 36.8. The summed E-state index contributed by atoms with van der Waals surface area (Å²) in [4.78, 5) is 0. The summed E-state index contributed by atoms with van der Waals surface area (Å²) in [5.74, 6) is 7.89. The number of benzene rings is 4. The minimum atomic E-state index is -0.105. The first-order chi connectivity index (χ1) is 26.0. The van der Waals surface area contributed by atoms with E-state index in [9.17, 15) is 0 Å². The van der Waals surface area contributed by atoms with Gasteiger partial charge >= 0.3 is 0 Å². The van der Waals surface area contributed by atoms with Gasteiger partial charge in [-0.15, -0.1) is 0 Å². The SMILES string of the molecule is CC(C)CCCC(C)C1CCC2C3C=CC4CC(c5ccc(Oc6ccc(N)cc6)cc5)(c5ccc(Oc6ccc(N)cc6)cc5)CCC4(CCC12C)C3. The Kier molecular flexibility index (Phi) is 10.1. The lowest BCUT2D eigenvalue weighted by molar-refractivity contribution is 0.0488. The highest BCUT2D eigenvalue weighted by atomic mass is 16.5. The van der Waals surface area contributed by atoms with Crippen LogP contribution in [0.15, 0.2) is 109 Å². The van der Waals surface area contributed by atoms with E-state index >= 15 is 0 Å². The maximum Gasteiger partial charge on any atom is 0.127 e. The van der Waals surface area contributed by atoms with Crippen molar-refractivity contribution in [1.82, 2.24) is 0 Å². The lowest BCUT2D eigenvalue weighted by Gasteiger charge is -2.54. The Bertz CT molecular complexity index is 1810. The second-order valence-corrected chi connectivity index (χ2v) is 18.5. The smallest absolute Gasteiger partial charge is 0.127 e. The molecule has 0 aliphatic heterocycles. The second-order valence-electron chi connectivity index (χ2n) is 18.5. The average Bonchev–Trinajstić information content (AvgIpc) is 3.49. The molecule has 7 atom stereocenters. The molecule has 4 nitrogen and oxygen atoms in total. The molecule has 8 rings (SSSR count). The van der Waals surface area contributed by atoms with Gasteiger partial charge in [0.1, 0.15) is 23.0 Å². The Labute approximate surface area is 324 Å². The highest BCUT2D eigenvalue weighted by molar-refractivity contribution is 5.48. The van der Waals surface area contributed by atoms with E-state index in [0.29, 0.717) is 16.7 Å². The maximum atomic E-state index is 6.26. The van der Waals surface area contributed by atoms with Gasteiger partial charge in [0.2, 0.25) is 0 Å². The zero-order chi connectivity index (χ0) is 37.5. The third-order valence-electron chi connectivity index (χ3n) is 15.0. The van der Waals surface area contributed by atoms with Crippen molar-refractivity contribution in [1.29, 1.82) is 0 Å². The zero-order valence-corrected chi connectivity index (χ0v) is 33.1. The number of ether oxygens (including phenoxy) is 2. The van der Waals surface area contributed by atoms with Gasteiger partial charge in [0.05, 0.1) is 0 Å². The van der Waals surface area contributed by atoms with Crippen molar-refractivity contribution < 1.29 is 9.47 Å². The Morgan fingerprint density at radius 1 is 0.611 bits per heavy atom. The summed E-state index contributed by atoms with van der Waals surface area (Å²) in [6.07, 6.45) is 20.1. The largest absolute Gasteiger partial charge is 0.457 e. The number of nitrogens with two attached hydrogens (primary N) is 2. The van der Waals surface area contributed by atoms with Crippen LogP contribution in [0, 0.1) is 46.3 Å². The molecular weight excluding hydrogens is 661 g/mol. The third kappa shape index (κ3) is 7.06. The molecule has 3 saturated carbocycles. The second kappa shape index (κ2) is 14.8. The lowest BCUT2D eigenvalue weighted by atomic mass is 9.50. The van der Waals surface area contributed by atoms with Gasteiger partial charge in [-0.25, -0.2) is 0 Å². The van der Waals surface area contributed by atoms with Crippen molar-refractivity contribution in [3.05, 3.63) is 120 Å². The fraction of sp³-hybridized carbons (Fsp3) is 0.480. The molecule has 2 bridgehead atoms. The van der Waals surface area contributed by atoms with E-state index in [1.54, 1.807) is 0 Å². The summed E-state index contributed by atoms with van der Waals surface area (Å²) >= 11 is 0. The number of rotatable bonds is 11. The van der Waals surface area contributed by atoms with Crippen LogP contribution in [0.1, 0.15) is 109 Å². The molecule has 284 valence electrons. The van der Waals surface area contributed by atoms with Crippen molar-refractivity contribution in [2.75, 3.05) is 11.5 Å². The zero-order valence-electron chi connectivity index (χ0n) is 33.1. The number of hydrogen-bond acceptors (Lipinski definition) is 4. The molecule has 0 saturated heterocycles. The van der Waals surface area contributed by atoms with Crippen LogP contribution in [0.5, 0.6) is 23.0 Å². The van der Waals surface area contributed by atoms with Crippen molar-refractivity contribution in [3.8, 4) is 23.0 Å². The van der Waals surface area contributed by atoms with Crippen LogP contribution >= 0.6 is 0 Å². The normalized spacial score (nSPS) is 28.8. The minimum Gasteiger partial charge on any atom is -0.457 e. The van der Waals surface area contributed by atoms with E-state index < -0.39 is 0 Å². The molecule has 7 unspecified atom stereocenters. The molecule has 4 heteroatoms. The summed E-state index contributed by atoms with van der Waals surface area (Å²) in [5.41, 5.74) is 16.8. The molecule has 0 amide bonds. The van der Waals surface area contributed by atoms with Crippen molar-refractivity contribution in [3.63, 3.8) is 0 Å². The van der Waals surface area contributed by atoms with E-state index in [1.165, 1.54) is 68.9 Å². The highest BCUT2D eigenvalue weighted by Crippen LogP contribution is 2.68. The van der Waals surface area contributed by atoms with Crippen LogP contribution < -0.4 is 20.9 Å². The quantitative estimate of drug-likeness (QED) is 0.119. The first-order valence-corrected chi connectivity index (χ1v) is 21.0. The molecule has 0 aromatic heterocycles. The van der Waals surface area contributed by atoms with Gasteiger partial charge in [-0.1, -0.05) is 83.4 Å². The minimum absolute atomic E-state index is 0.105. The van der Waals surface area contributed by atoms with Gasteiger partial charge in [-0.05, 0) is 182 Å². The van der Waals surface area contributed by atoms with E-state index in [-0.39, 0.29) is 5.41 Å². The Hall–Kier alpha value is -4.18. The molecule has 4 aliphatic carbocycles. The van der Waals surface area contributed by atoms with Gasteiger partial charge in [0.15, 0.2) is 0 Å². The van der Waals surface area contributed by atoms with Crippen molar-refractivity contribution in [2.45, 2.75) is 104 Å². The first-order valence-electron chi connectivity index (χ1n) is 21.0. The predicted molar refractivity (Wildman–Crippen MR) is 224 cm³/mol. The van der Waals surface area contributed by atoms with Crippen LogP contribution in [0.3, 0.4) is 0 Å². The van der Waals surface area contributed by atoms with Crippen molar-refractivity contribution in [2.24, 2.45) is 46.3 Å². The van der Waals surface area contributed by atoms with Crippen LogP contribution in [0.2, 0.25) is 0 Å². The molecule has 3 fully saturated rings. The summed E-state index contributed by atoms with van der Waals surface area (Å²) < 4.78 is 12.5. The molecule has 54 heavy (non-hydrogen) atoms. The van der Waals surface area contributed by atoms with Crippen LogP contribution in [0.25, 0.3) is 0 Å². The summed E-state index contributed by atoms with van der Waals surface area (Å²) in [6, 6.07) is 33.2. The van der Waals surface area contributed by atoms with E-state index in [2.05, 4.69) is 88.4 Å². The fourth-order valence-corrected chi connectivity index (χ4v) is 12.0. The summed E-state index contributed by atoms with van der Waals surface area (Å²) in [7, 11) is 0. The van der Waals surface area contributed by atoms with Gasteiger partial charge in [0, 0.05) is 16.8 Å². The summed E-state index contributed by atoms with van der Waals surface area (Å²) in [5, 5.41) is 0. The number of anilines is 2. The molecule has 4 N–H and O–H groups in total. The van der Waals surface area contributed by atoms with E-state index in [0.717, 1.165) is 76.8 Å². The molecule has 4 aromatic rings. The lowest BCUT2D eigenvalue weighted by Crippen LogP contribution is -2.46. The number of hydrogen-bond donors (Lipinski definition) is 2. The molecule has 1 spiro atoms. The van der Waals surface area contributed by atoms with Gasteiger partial charge in [0.25, 0.3) is 0 Å². The van der Waals surface area contributed by atoms with Gasteiger partial charge in [-0.3, -0.25) is 0 Å². The molecular formula is C50H62N2O2. The van der Waals surface area contributed by atoms with Crippen LogP contribution in [-0.4, -0.2) is 0 Å². The average molecular weight is 723 g/mol. The maximum absolute atomic E-state index is 6.26. The standard InChI is InChI=1S/C50H62N2O2/c1-34(2)6-5-7-35(3)46-26-27-47-36-8-9-39-33-50(31-30-49(39,32-36)29-28-48(46,47)4,37-10-18-42(19-11-37)53-44-22-14-40(51)15-23-44)38-12-20-43(21-13-38)54-45-24-16-41(52)17-25-45/h8-25,34-36,39,46-47H,5-7,26-33,51-52H2,1-4H3. The Morgan fingerprint density at radius 3 is 1.67 bits per heavy atom. The topological polar surface area (TPSA) is 70.5 Å². The highest BCUT2D eigenvalue weighted by Gasteiger charge is 2.59. The number of fused-ring (bicyclic) bond motifs is 3. The third-order valence-corrected chi connectivity index (χ3v) is 15.0. The van der Waals surface area contributed by atoms with Gasteiger partial charge in [-0.2, -0.15) is 0 Å². The number of allylic oxidation sites excluding steroid dienone is 2. The van der Waals surface area contributed by atoms with E-state index in [4.69, 9.17) is 20.9 Å². The predicted octanol–water partition coefficient (Wildman–Crippen LogP) is 13.4. The molecule has 4 aliphatic rings. The fourth-order valence-electron chi connectivity index (χ4n) is 12.0. The summed E-state index contributed by atoms with van der Waals surface area (Å²) in [6.45, 7) is 10.1. The van der Waals surface area contributed by atoms with Crippen LogP contribution in [-0.2, 0) is 5.41 Å². The van der Waals surface area contributed by atoms with E-state index in [1.807, 2.05) is 48.5 Å². The van der Waals surface area contributed by atoms with Gasteiger partial charge < -0.3 is 20.9 Å².